The van der Waals surface area contributed by atoms with Crippen LogP contribution in [0.1, 0.15) is 43.2 Å². The molecule has 0 aromatic heterocycles. The summed E-state index contributed by atoms with van der Waals surface area (Å²) in [4.78, 5) is 13.9. The molecule has 112 valence electrons. The number of carbonyl (C=O) groups is 1. The Morgan fingerprint density at radius 1 is 1.19 bits per heavy atom. The summed E-state index contributed by atoms with van der Waals surface area (Å²) in [5.41, 5.74) is 1.27. The van der Waals surface area contributed by atoms with E-state index in [-0.39, 0.29) is 18.3 Å². The Kier molecular flexibility index (Phi) is 5.77. The first kappa shape index (κ1) is 15.5. The Balaban J connectivity index is 2.13. The molecule has 0 saturated carbocycles. The third-order valence-corrected chi connectivity index (χ3v) is 3.56. The van der Waals surface area contributed by atoms with Crippen LogP contribution in [0.3, 0.4) is 0 Å². The van der Waals surface area contributed by atoms with E-state index in [0.717, 1.165) is 37.8 Å². The van der Waals surface area contributed by atoms with Crippen molar-refractivity contribution in [2.45, 2.75) is 38.6 Å². The minimum Gasteiger partial charge on any atom is -0.384 e. The van der Waals surface area contributed by atoms with Crippen LogP contribution < -0.4 is 0 Å². The van der Waals surface area contributed by atoms with Crippen LogP contribution in [0.2, 0.25) is 0 Å². The van der Waals surface area contributed by atoms with Gasteiger partial charge in [-0.3, -0.25) is 4.79 Å². The number of aliphatic hydroxyl groups excluding tert-OH is 1. The van der Waals surface area contributed by atoms with Crippen LogP contribution in [0.4, 0.5) is 4.39 Å². The molecule has 1 aliphatic heterocycles. The van der Waals surface area contributed by atoms with Gasteiger partial charge in [-0.25, -0.2) is 4.39 Å². The lowest BCUT2D eigenvalue weighted by atomic mass is 10.1. The molecule has 1 heterocycles. The number of hydrogen-bond acceptors (Lipinski definition) is 2. The molecule has 2 rings (SSSR count). The predicted octanol–water partition coefficient (Wildman–Crippen LogP) is 2.46. The van der Waals surface area contributed by atoms with E-state index in [2.05, 4.69) is 11.8 Å². The molecule has 1 fully saturated rings. The van der Waals surface area contributed by atoms with E-state index in [9.17, 15) is 9.18 Å². The van der Waals surface area contributed by atoms with E-state index in [1.807, 2.05) is 0 Å². The average molecular weight is 289 g/mol. The number of rotatable bonds is 2. The molecular formula is C17H20FNO2. The third-order valence-electron chi connectivity index (χ3n) is 3.56. The topological polar surface area (TPSA) is 40.5 Å². The molecule has 1 saturated heterocycles. The summed E-state index contributed by atoms with van der Waals surface area (Å²) in [7, 11) is 0. The summed E-state index contributed by atoms with van der Waals surface area (Å²) < 4.78 is 13.6. The van der Waals surface area contributed by atoms with Crippen molar-refractivity contribution >= 4 is 5.91 Å². The van der Waals surface area contributed by atoms with Gasteiger partial charge in [-0.05, 0) is 36.6 Å². The number of benzene rings is 1. The van der Waals surface area contributed by atoms with Gasteiger partial charge in [0.2, 0.25) is 5.91 Å². The lowest BCUT2D eigenvalue weighted by molar-refractivity contribution is -0.132. The summed E-state index contributed by atoms with van der Waals surface area (Å²) in [5.74, 6) is 4.99. The smallest absolute Gasteiger partial charge is 0.222 e. The van der Waals surface area contributed by atoms with Crippen molar-refractivity contribution in [3.8, 4) is 11.8 Å². The highest BCUT2D eigenvalue weighted by molar-refractivity contribution is 5.76. The van der Waals surface area contributed by atoms with Crippen molar-refractivity contribution in [2.24, 2.45) is 0 Å². The largest absolute Gasteiger partial charge is 0.384 e. The first-order valence-corrected chi connectivity index (χ1v) is 7.36. The quantitative estimate of drug-likeness (QED) is 0.850. The van der Waals surface area contributed by atoms with Gasteiger partial charge in [-0.15, -0.1) is 0 Å². The van der Waals surface area contributed by atoms with E-state index in [1.165, 1.54) is 12.1 Å². The van der Waals surface area contributed by atoms with Gasteiger partial charge in [0.15, 0.2) is 0 Å². The maximum atomic E-state index is 13.6. The van der Waals surface area contributed by atoms with Crippen LogP contribution >= 0.6 is 0 Å². The van der Waals surface area contributed by atoms with Crippen LogP contribution in [-0.4, -0.2) is 29.1 Å². The second-order valence-corrected chi connectivity index (χ2v) is 5.29. The number of nitrogens with zero attached hydrogens (tertiary/aromatic N) is 1. The highest BCUT2D eigenvalue weighted by Crippen LogP contribution is 2.16. The summed E-state index contributed by atoms with van der Waals surface area (Å²) in [6, 6.07) is 4.55. The third kappa shape index (κ3) is 4.87. The van der Waals surface area contributed by atoms with Gasteiger partial charge in [-0.2, -0.15) is 0 Å². The SMILES string of the molecule is O=C1CCCCCCN1Cc1cc(F)cc(C#CCO)c1. The first-order chi connectivity index (χ1) is 10.2. The van der Waals surface area contributed by atoms with Crippen LogP contribution in [-0.2, 0) is 11.3 Å². The van der Waals surface area contributed by atoms with Gasteiger partial charge in [0.25, 0.3) is 0 Å². The molecule has 0 bridgehead atoms. The predicted molar refractivity (Wildman–Crippen MR) is 78.9 cm³/mol. The minimum atomic E-state index is -0.366. The summed E-state index contributed by atoms with van der Waals surface area (Å²) >= 11 is 0. The van der Waals surface area contributed by atoms with Crippen molar-refractivity contribution in [3.63, 3.8) is 0 Å². The number of likely N-dealkylation sites (tertiary alicyclic amines) is 1. The molecular weight excluding hydrogens is 269 g/mol. The highest BCUT2D eigenvalue weighted by Gasteiger charge is 2.16. The molecule has 0 spiro atoms. The van der Waals surface area contributed by atoms with E-state index in [0.29, 0.717) is 18.5 Å². The van der Waals surface area contributed by atoms with E-state index in [1.54, 1.807) is 11.0 Å². The van der Waals surface area contributed by atoms with Crippen molar-refractivity contribution in [1.82, 2.24) is 4.90 Å². The summed E-state index contributed by atoms with van der Waals surface area (Å²) in [6.45, 7) is 0.897. The summed E-state index contributed by atoms with van der Waals surface area (Å²) in [6.07, 6.45) is 4.76. The van der Waals surface area contributed by atoms with Crippen molar-refractivity contribution < 1.29 is 14.3 Å². The van der Waals surface area contributed by atoms with Crippen LogP contribution in [0.5, 0.6) is 0 Å². The fourth-order valence-corrected chi connectivity index (χ4v) is 2.56. The van der Waals surface area contributed by atoms with Gasteiger partial charge in [0, 0.05) is 25.1 Å². The van der Waals surface area contributed by atoms with E-state index in [4.69, 9.17) is 5.11 Å². The van der Waals surface area contributed by atoms with Crippen LogP contribution in [0.25, 0.3) is 0 Å². The van der Waals surface area contributed by atoms with Gasteiger partial charge >= 0.3 is 0 Å². The van der Waals surface area contributed by atoms with Gasteiger partial charge in [0.05, 0.1) is 0 Å². The monoisotopic (exact) mass is 289 g/mol. The zero-order valence-corrected chi connectivity index (χ0v) is 12.1. The summed E-state index contributed by atoms with van der Waals surface area (Å²) in [5, 5.41) is 8.70. The Morgan fingerprint density at radius 2 is 2.00 bits per heavy atom. The van der Waals surface area contributed by atoms with Gasteiger partial charge < -0.3 is 10.0 Å². The maximum Gasteiger partial charge on any atom is 0.222 e. The molecule has 1 aromatic carbocycles. The Morgan fingerprint density at radius 3 is 2.81 bits per heavy atom. The molecule has 0 aliphatic carbocycles. The lowest BCUT2D eigenvalue weighted by Gasteiger charge is -2.25. The first-order valence-electron chi connectivity index (χ1n) is 7.36. The lowest BCUT2D eigenvalue weighted by Crippen LogP contribution is -2.32. The van der Waals surface area contributed by atoms with E-state index >= 15 is 0 Å². The molecule has 4 heteroatoms. The standard InChI is InChI=1S/C17H20FNO2/c18-16-11-14(6-5-9-20)10-15(12-16)13-19-8-4-2-1-3-7-17(19)21/h10-12,20H,1-4,7-9,13H2. The molecule has 1 aliphatic rings. The van der Waals surface area contributed by atoms with E-state index < -0.39 is 0 Å². The molecule has 1 N–H and O–H groups in total. The number of hydrogen-bond donors (Lipinski definition) is 1. The normalized spacial score (nSPS) is 15.9. The van der Waals surface area contributed by atoms with Gasteiger partial charge in [0.1, 0.15) is 12.4 Å². The zero-order valence-electron chi connectivity index (χ0n) is 12.1. The number of amides is 1. The van der Waals surface area contributed by atoms with Crippen molar-refractivity contribution in [2.75, 3.05) is 13.2 Å². The van der Waals surface area contributed by atoms with Gasteiger partial charge in [-0.1, -0.05) is 24.7 Å². The zero-order chi connectivity index (χ0) is 15.1. The average Bonchev–Trinajstić information content (AvgIpc) is 2.44. The Hall–Kier alpha value is -1.86. The Bertz CT molecular complexity index is 560. The fraction of sp³-hybridized carbons (Fsp3) is 0.471. The Labute approximate surface area is 124 Å². The molecule has 0 atom stereocenters. The number of carbonyl (C=O) groups excluding carboxylic acids is 1. The molecule has 1 aromatic rings. The molecule has 3 nitrogen and oxygen atoms in total. The molecule has 0 radical (unpaired) electrons. The van der Waals surface area contributed by atoms with Crippen molar-refractivity contribution in [3.05, 3.63) is 35.1 Å². The van der Waals surface area contributed by atoms with Crippen LogP contribution in [0, 0.1) is 17.7 Å². The van der Waals surface area contributed by atoms with Crippen molar-refractivity contribution in [1.29, 1.82) is 0 Å². The molecule has 0 unspecified atom stereocenters. The number of aliphatic hydroxyl groups is 1. The van der Waals surface area contributed by atoms with Crippen LogP contribution in [0.15, 0.2) is 18.2 Å². The minimum absolute atomic E-state index is 0.141. The second kappa shape index (κ2) is 7.80. The molecule has 21 heavy (non-hydrogen) atoms. The molecule has 1 amide bonds. The second-order valence-electron chi connectivity index (χ2n) is 5.29. The fourth-order valence-electron chi connectivity index (χ4n) is 2.56. The maximum absolute atomic E-state index is 13.6. The number of halogens is 1. The highest BCUT2D eigenvalue weighted by atomic mass is 19.1.